The first-order valence-electron chi connectivity index (χ1n) is 10.9. The van der Waals surface area contributed by atoms with Crippen LogP contribution in [0.5, 0.6) is 0 Å². The van der Waals surface area contributed by atoms with Gasteiger partial charge in [0.05, 0.1) is 29.4 Å². The molecule has 0 aromatic heterocycles. The van der Waals surface area contributed by atoms with Crippen molar-refractivity contribution in [1.29, 1.82) is 0 Å². The molecule has 6 rings (SSSR count). The highest BCUT2D eigenvalue weighted by atomic mass is 16.6. The summed E-state index contributed by atoms with van der Waals surface area (Å²) in [5, 5.41) is 14.5. The number of hydrogen-bond acceptors (Lipinski definition) is 5. The second-order valence-corrected chi connectivity index (χ2v) is 9.66. The summed E-state index contributed by atoms with van der Waals surface area (Å²) in [7, 11) is 0. The Hall–Kier alpha value is -2.15. The first kappa shape index (κ1) is 18.9. The predicted molar refractivity (Wildman–Crippen MR) is 109 cm³/mol. The van der Waals surface area contributed by atoms with Crippen LogP contribution in [0, 0.1) is 33.3 Å². The molecule has 5 fully saturated rings. The fraction of sp³-hybridized carbons (Fsp3) is 0.682. The molecule has 1 amide bonds. The SMILES string of the molecule is O=C(NCC12CC3CC(CC(C3)C1)C2)c1cc([N+](=O)[O-])ccc1N1CCOCC1. The molecule has 1 saturated heterocycles. The quantitative estimate of drug-likeness (QED) is 0.606. The molecular weight excluding hydrogens is 370 g/mol. The molecule has 0 atom stereocenters. The molecule has 0 unspecified atom stereocenters. The van der Waals surface area contributed by atoms with E-state index in [1.54, 1.807) is 6.07 Å². The van der Waals surface area contributed by atoms with E-state index < -0.39 is 4.92 Å². The van der Waals surface area contributed by atoms with E-state index in [0.717, 1.165) is 23.4 Å². The number of amides is 1. The van der Waals surface area contributed by atoms with Gasteiger partial charge in [-0.1, -0.05) is 0 Å². The van der Waals surface area contributed by atoms with Crippen molar-refractivity contribution in [1.82, 2.24) is 5.32 Å². The lowest BCUT2D eigenvalue weighted by molar-refractivity contribution is -0.384. The Morgan fingerprint density at radius 2 is 1.76 bits per heavy atom. The summed E-state index contributed by atoms with van der Waals surface area (Å²) in [5.74, 6) is 2.31. The highest BCUT2D eigenvalue weighted by molar-refractivity contribution is 6.00. The number of nitro benzene ring substituents is 1. The summed E-state index contributed by atoms with van der Waals surface area (Å²) in [4.78, 5) is 26.1. The summed E-state index contributed by atoms with van der Waals surface area (Å²) in [6, 6.07) is 4.63. The minimum absolute atomic E-state index is 0.0398. The monoisotopic (exact) mass is 399 g/mol. The fourth-order valence-electron chi connectivity index (χ4n) is 6.77. The van der Waals surface area contributed by atoms with Crippen molar-refractivity contribution in [2.24, 2.45) is 23.2 Å². The molecule has 5 aliphatic rings. The first-order valence-corrected chi connectivity index (χ1v) is 10.9. The molecule has 7 heteroatoms. The maximum absolute atomic E-state index is 13.2. The Morgan fingerprint density at radius 3 is 2.34 bits per heavy atom. The van der Waals surface area contributed by atoms with Crippen LogP contribution in [-0.4, -0.2) is 43.7 Å². The number of nitrogens with zero attached hydrogens (tertiary/aromatic N) is 2. The van der Waals surface area contributed by atoms with Crippen molar-refractivity contribution in [3.05, 3.63) is 33.9 Å². The zero-order valence-corrected chi connectivity index (χ0v) is 16.8. The smallest absolute Gasteiger partial charge is 0.270 e. The van der Waals surface area contributed by atoms with E-state index in [4.69, 9.17) is 4.74 Å². The second-order valence-electron chi connectivity index (χ2n) is 9.66. The lowest BCUT2D eigenvalue weighted by atomic mass is 9.49. The third-order valence-electron chi connectivity index (χ3n) is 7.58. The molecule has 1 heterocycles. The van der Waals surface area contributed by atoms with Gasteiger partial charge in [-0.25, -0.2) is 0 Å². The number of rotatable bonds is 5. The van der Waals surface area contributed by atoms with Gasteiger partial charge in [0.15, 0.2) is 0 Å². The zero-order chi connectivity index (χ0) is 20.0. The Morgan fingerprint density at radius 1 is 1.14 bits per heavy atom. The number of nitrogens with one attached hydrogen (secondary N) is 1. The van der Waals surface area contributed by atoms with Gasteiger partial charge in [-0.2, -0.15) is 0 Å². The van der Waals surface area contributed by atoms with Gasteiger partial charge in [0.1, 0.15) is 0 Å². The van der Waals surface area contributed by atoms with Gasteiger partial charge in [0.25, 0.3) is 11.6 Å². The van der Waals surface area contributed by atoms with Gasteiger partial charge < -0.3 is 15.0 Å². The van der Waals surface area contributed by atoms with E-state index in [2.05, 4.69) is 10.2 Å². The Kier molecular flexibility index (Phi) is 4.73. The summed E-state index contributed by atoms with van der Waals surface area (Å²) in [6.07, 6.45) is 7.80. The summed E-state index contributed by atoms with van der Waals surface area (Å²) in [6.45, 7) is 3.28. The van der Waals surface area contributed by atoms with Crippen molar-refractivity contribution in [3.63, 3.8) is 0 Å². The van der Waals surface area contributed by atoms with Crippen LogP contribution in [0.2, 0.25) is 0 Å². The molecule has 7 nitrogen and oxygen atoms in total. The number of anilines is 1. The van der Waals surface area contributed by atoms with E-state index in [-0.39, 0.29) is 17.0 Å². The summed E-state index contributed by atoms with van der Waals surface area (Å²) in [5.41, 5.74) is 1.37. The van der Waals surface area contributed by atoms with Gasteiger partial charge in [0, 0.05) is 31.8 Å². The summed E-state index contributed by atoms with van der Waals surface area (Å²) >= 11 is 0. The van der Waals surface area contributed by atoms with Crippen molar-refractivity contribution in [3.8, 4) is 0 Å². The second kappa shape index (κ2) is 7.27. The zero-order valence-electron chi connectivity index (χ0n) is 16.8. The van der Waals surface area contributed by atoms with E-state index in [0.29, 0.717) is 38.4 Å². The van der Waals surface area contributed by atoms with Gasteiger partial charge in [-0.15, -0.1) is 0 Å². The molecule has 1 aromatic rings. The topological polar surface area (TPSA) is 84.7 Å². The molecule has 0 spiro atoms. The average Bonchev–Trinajstić information content (AvgIpc) is 2.71. The van der Waals surface area contributed by atoms with E-state index in [9.17, 15) is 14.9 Å². The van der Waals surface area contributed by atoms with Gasteiger partial charge >= 0.3 is 0 Å². The number of nitro groups is 1. The van der Waals surface area contributed by atoms with Crippen LogP contribution in [0.25, 0.3) is 0 Å². The maximum Gasteiger partial charge on any atom is 0.270 e. The molecule has 4 bridgehead atoms. The van der Waals surface area contributed by atoms with Crippen molar-refractivity contribution in [2.45, 2.75) is 38.5 Å². The maximum atomic E-state index is 13.2. The van der Waals surface area contributed by atoms with Gasteiger partial charge in [-0.3, -0.25) is 14.9 Å². The fourth-order valence-corrected chi connectivity index (χ4v) is 6.77. The molecule has 1 N–H and O–H groups in total. The third kappa shape index (κ3) is 3.61. The van der Waals surface area contributed by atoms with Crippen molar-refractivity contribution in [2.75, 3.05) is 37.7 Å². The van der Waals surface area contributed by atoms with Crippen molar-refractivity contribution >= 4 is 17.3 Å². The van der Waals surface area contributed by atoms with Crippen LogP contribution < -0.4 is 10.2 Å². The number of morpholine rings is 1. The molecule has 1 aromatic carbocycles. The Labute approximate surface area is 170 Å². The summed E-state index contributed by atoms with van der Waals surface area (Å²) < 4.78 is 5.42. The number of non-ortho nitro benzene ring substituents is 1. The molecule has 156 valence electrons. The minimum atomic E-state index is -0.432. The van der Waals surface area contributed by atoms with E-state index in [1.807, 2.05) is 0 Å². The number of benzene rings is 1. The van der Waals surface area contributed by atoms with Crippen LogP contribution in [0.3, 0.4) is 0 Å². The number of ether oxygens (including phenoxy) is 1. The number of carbonyl (C=O) groups is 1. The van der Waals surface area contributed by atoms with E-state index in [1.165, 1.54) is 50.7 Å². The average molecular weight is 399 g/mol. The minimum Gasteiger partial charge on any atom is -0.378 e. The molecule has 4 aliphatic carbocycles. The largest absolute Gasteiger partial charge is 0.378 e. The Bertz CT molecular complexity index is 783. The highest BCUT2D eigenvalue weighted by Crippen LogP contribution is 2.59. The van der Waals surface area contributed by atoms with Crippen LogP contribution in [-0.2, 0) is 4.74 Å². The lowest BCUT2D eigenvalue weighted by Gasteiger charge is -2.56. The molecule has 4 saturated carbocycles. The van der Waals surface area contributed by atoms with Crippen LogP contribution >= 0.6 is 0 Å². The van der Waals surface area contributed by atoms with Crippen LogP contribution in [0.15, 0.2) is 18.2 Å². The molecule has 1 aliphatic heterocycles. The van der Waals surface area contributed by atoms with Gasteiger partial charge in [-0.05, 0) is 67.8 Å². The van der Waals surface area contributed by atoms with Crippen LogP contribution in [0.1, 0.15) is 48.9 Å². The predicted octanol–water partition coefficient (Wildman–Crippen LogP) is 3.38. The van der Waals surface area contributed by atoms with Crippen LogP contribution in [0.4, 0.5) is 11.4 Å². The molecular formula is C22H29N3O4. The number of hydrogen-bond donors (Lipinski definition) is 1. The standard InChI is InChI=1S/C22H29N3O4/c26-21(23-14-22-11-15-7-16(12-22)9-17(8-15)13-22)19-10-18(25(27)28)1-2-20(19)24-3-5-29-6-4-24/h1-2,10,15-17H,3-9,11-14H2,(H,23,26). The normalized spacial score (nSPS) is 33.0. The lowest BCUT2D eigenvalue weighted by Crippen LogP contribution is -2.51. The first-order chi connectivity index (χ1) is 14.0. The van der Waals surface area contributed by atoms with Crippen molar-refractivity contribution < 1.29 is 14.5 Å². The highest BCUT2D eigenvalue weighted by Gasteiger charge is 2.50. The third-order valence-corrected chi connectivity index (χ3v) is 7.58. The number of carbonyl (C=O) groups excluding carboxylic acids is 1. The molecule has 29 heavy (non-hydrogen) atoms. The Balaban J connectivity index is 1.35. The van der Waals surface area contributed by atoms with E-state index >= 15 is 0 Å². The van der Waals surface area contributed by atoms with Gasteiger partial charge in [0.2, 0.25) is 0 Å². The molecule has 0 radical (unpaired) electrons.